The van der Waals surface area contributed by atoms with Crippen molar-refractivity contribution in [2.45, 2.75) is 4.90 Å². The van der Waals surface area contributed by atoms with Gasteiger partial charge in [-0.2, -0.15) is 0 Å². The predicted octanol–water partition coefficient (Wildman–Crippen LogP) is 4.05. The van der Waals surface area contributed by atoms with Gasteiger partial charge in [0.25, 0.3) is 5.91 Å². The zero-order valence-electron chi connectivity index (χ0n) is 16.4. The second kappa shape index (κ2) is 8.01. The van der Waals surface area contributed by atoms with Crippen molar-refractivity contribution in [2.75, 3.05) is 56.3 Å². The first kappa shape index (κ1) is 19.1. The van der Waals surface area contributed by atoms with E-state index in [0.717, 1.165) is 48.1 Å². The molecule has 1 aromatic heterocycles. The fourth-order valence-electron chi connectivity index (χ4n) is 3.41. The smallest absolute Gasteiger partial charge is 0.254 e. The first-order valence-electron chi connectivity index (χ1n) is 9.32. The van der Waals surface area contributed by atoms with Crippen molar-refractivity contribution in [1.82, 2.24) is 9.88 Å². The zero-order chi connectivity index (χ0) is 19.7. The second-order valence-corrected chi connectivity index (χ2v) is 8.88. The highest BCUT2D eigenvalue weighted by Gasteiger charge is 2.24. The number of fused-ring (bicyclic) bond motifs is 1. The molecule has 7 heteroatoms. The van der Waals surface area contributed by atoms with Gasteiger partial charge in [-0.3, -0.25) is 4.79 Å². The van der Waals surface area contributed by atoms with Crippen molar-refractivity contribution in [3.8, 4) is 0 Å². The molecule has 0 N–H and O–H groups in total. The first-order valence-corrected chi connectivity index (χ1v) is 11.4. The third-order valence-electron chi connectivity index (χ3n) is 5.04. The average Bonchev–Trinajstić information content (AvgIpc) is 3.18. The monoisotopic (exact) mass is 412 g/mol. The predicted molar refractivity (Wildman–Crippen MR) is 120 cm³/mol. The van der Waals surface area contributed by atoms with Crippen molar-refractivity contribution < 1.29 is 4.79 Å². The van der Waals surface area contributed by atoms with Crippen LogP contribution in [-0.2, 0) is 0 Å². The molecule has 0 radical (unpaired) electrons. The molecular formula is C21H24N4OS2. The minimum Gasteiger partial charge on any atom is -0.378 e. The number of benzene rings is 2. The lowest BCUT2D eigenvalue weighted by atomic mass is 10.1. The van der Waals surface area contributed by atoms with Gasteiger partial charge in [-0.15, -0.1) is 11.8 Å². The molecule has 0 aliphatic carbocycles. The Morgan fingerprint density at radius 2 is 1.86 bits per heavy atom. The normalized spacial score (nSPS) is 14.5. The molecule has 2 aromatic carbocycles. The Hall–Kier alpha value is -2.25. The van der Waals surface area contributed by atoms with E-state index in [9.17, 15) is 4.79 Å². The van der Waals surface area contributed by atoms with E-state index in [4.69, 9.17) is 4.98 Å². The molecule has 0 atom stereocenters. The molecule has 0 bridgehead atoms. The van der Waals surface area contributed by atoms with Crippen LogP contribution in [0, 0.1) is 0 Å². The number of hydrogen-bond acceptors (Lipinski definition) is 6. The fourth-order valence-corrected chi connectivity index (χ4v) is 5.08. The quantitative estimate of drug-likeness (QED) is 0.605. The van der Waals surface area contributed by atoms with Gasteiger partial charge in [0.05, 0.1) is 10.2 Å². The lowest BCUT2D eigenvalue weighted by Crippen LogP contribution is -2.48. The minimum absolute atomic E-state index is 0.109. The van der Waals surface area contributed by atoms with E-state index in [1.807, 2.05) is 48.2 Å². The molecule has 2 heterocycles. The van der Waals surface area contributed by atoms with Crippen LogP contribution in [-0.4, -0.2) is 62.3 Å². The molecule has 1 aliphatic rings. The number of nitrogens with zero attached hydrogens (tertiary/aromatic N) is 4. The van der Waals surface area contributed by atoms with E-state index < -0.39 is 0 Å². The van der Waals surface area contributed by atoms with Gasteiger partial charge in [0.1, 0.15) is 0 Å². The number of amides is 1. The van der Waals surface area contributed by atoms with E-state index in [1.54, 1.807) is 23.1 Å². The van der Waals surface area contributed by atoms with Crippen LogP contribution in [0.4, 0.5) is 10.8 Å². The Bertz CT molecular complexity index is 993. The van der Waals surface area contributed by atoms with Crippen LogP contribution >= 0.6 is 23.1 Å². The van der Waals surface area contributed by atoms with Crippen LogP contribution in [0.25, 0.3) is 10.2 Å². The molecule has 0 saturated carbocycles. The highest BCUT2D eigenvalue weighted by molar-refractivity contribution is 7.98. The molecule has 1 amide bonds. The Kier molecular flexibility index (Phi) is 5.46. The number of thioether (sulfide) groups is 1. The summed E-state index contributed by atoms with van der Waals surface area (Å²) in [5.41, 5.74) is 2.89. The molecule has 0 unspecified atom stereocenters. The van der Waals surface area contributed by atoms with Crippen LogP contribution in [0.2, 0.25) is 0 Å². The second-order valence-electron chi connectivity index (χ2n) is 7.03. The minimum atomic E-state index is 0.109. The number of para-hydroxylation sites is 1. The zero-order valence-corrected chi connectivity index (χ0v) is 18.0. The SMILES string of the molecule is CSc1cccc2sc(N3CCN(C(=O)c4cccc(N(C)C)c4)CC3)nc12. The maximum Gasteiger partial charge on any atom is 0.254 e. The van der Waals surface area contributed by atoms with Gasteiger partial charge >= 0.3 is 0 Å². The van der Waals surface area contributed by atoms with Crippen LogP contribution in [0.5, 0.6) is 0 Å². The first-order chi connectivity index (χ1) is 13.6. The summed E-state index contributed by atoms with van der Waals surface area (Å²) in [6.45, 7) is 3.06. The molecule has 1 saturated heterocycles. The van der Waals surface area contributed by atoms with E-state index in [0.29, 0.717) is 0 Å². The molecule has 1 fully saturated rings. The number of carbonyl (C=O) groups is 1. The van der Waals surface area contributed by atoms with Gasteiger partial charge in [0.15, 0.2) is 5.13 Å². The highest BCUT2D eigenvalue weighted by Crippen LogP contribution is 2.34. The number of thiazole rings is 1. The number of carbonyl (C=O) groups excluding carboxylic acids is 1. The lowest BCUT2D eigenvalue weighted by molar-refractivity contribution is 0.0747. The summed E-state index contributed by atoms with van der Waals surface area (Å²) in [4.78, 5) is 25.3. The van der Waals surface area contributed by atoms with Gasteiger partial charge in [0, 0.05) is 56.4 Å². The molecule has 4 rings (SSSR count). The topological polar surface area (TPSA) is 39.7 Å². The highest BCUT2D eigenvalue weighted by atomic mass is 32.2. The summed E-state index contributed by atoms with van der Waals surface area (Å²) in [6, 6.07) is 14.2. The fraction of sp³-hybridized carbons (Fsp3) is 0.333. The van der Waals surface area contributed by atoms with Gasteiger partial charge in [-0.1, -0.05) is 23.5 Å². The number of piperazine rings is 1. The third-order valence-corrected chi connectivity index (χ3v) is 6.89. The largest absolute Gasteiger partial charge is 0.378 e. The van der Waals surface area contributed by atoms with Crippen LogP contribution in [0.3, 0.4) is 0 Å². The Balaban J connectivity index is 1.46. The van der Waals surface area contributed by atoms with Crippen molar-refractivity contribution >= 4 is 50.0 Å². The Morgan fingerprint density at radius 3 is 2.57 bits per heavy atom. The summed E-state index contributed by atoms with van der Waals surface area (Å²) in [6.07, 6.45) is 2.09. The standard InChI is InChI=1S/C21H24N4OS2/c1-23(2)16-7-4-6-15(14-16)20(26)24-10-12-25(13-11-24)21-22-19-17(27-3)8-5-9-18(19)28-21/h4-9,14H,10-13H2,1-3H3. The number of anilines is 2. The lowest BCUT2D eigenvalue weighted by Gasteiger charge is -2.34. The maximum absolute atomic E-state index is 12.9. The van der Waals surface area contributed by atoms with Gasteiger partial charge in [-0.25, -0.2) is 4.98 Å². The Labute approximate surface area is 174 Å². The van der Waals surface area contributed by atoms with Crippen molar-refractivity contribution in [1.29, 1.82) is 0 Å². The molecule has 5 nitrogen and oxygen atoms in total. The molecular weight excluding hydrogens is 388 g/mol. The summed E-state index contributed by atoms with van der Waals surface area (Å²) in [5, 5.41) is 1.05. The molecule has 146 valence electrons. The van der Waals surface area contributed by atoms with Gasteiger partial charge < -0.3 is 14.7 Å². The Morgan fingerprint density at radius 1 is 1.11 bits per heavy atom. The summed E-state index contributed by atoms with van der Waals surface area (Å²) in [7, 11) is 3.98. The maximum atomic E-state index is 12.9. The number of aromatic nitrogens is 1. The van der Waals surface area contributed by atoms with Crippen molar-refractivity contribution in [2.24, 2.45) is 0 Å². The van der Waals surface area contributed by atoms with E-state index in [1.165, 1.54) is 9.60 Å². The van der Waals surface area contributed by atoms with Crippen molar-refractivity contribution in [3.63, 3.8) is 0 Å². The van der Waals surface area contributed by atoms with E-state index in [-0.39, 0.29) is 5.91 Å². The number of hydrogen-bond donors (Lipinski definition) is 0. The summed E-state index contributed by atoms with van der Waals surface area (Å²) in [5.74, 6) is 0.109. The van der Waals surface area contributed by atoms with Crippen LogP contribution < -0.4 is 9.80 Å². The average molecular weight is 413 g/mol. The summed E-state index contributed by atoms with van der Waals surface area (Å²) >= 11 is 3.47. The van der Waals surface area contributed by atoms with Crippen LogP contribution in [0.15, 0.2) is 47.4 Å². The summed E-state index contributed by atoms with van der Waals surface area (Å²) < 4.78 is 1.22. The molecule has 28 heavy (non-hydrogen) atoms. The third kappa shape index (κ3) is 3.69. The number of rotatable bonds is 4. The van der Waals surface area contributed by atoms with Gasteiger partial charge in [-0.05, 0) is 36.6 Å². The van der Waals surface area contributed by atoms with Crippen molar-refractivity contribution in [3.05, 3.63) is 48.0 Å². The van der Waals surface area contributed by atoms with Crippen LogP contribution in [0.1, 0.15) is 10.4 Å². The molecule has 0 spiro atoms. The van der Waals surface area contributed by atoms with Gasteiger partial charge in [0.2, 0.25) is 0 Å². The molecule has 1 aliphatic heterocycles. The van der Waals surface area contributed by atoms with E-state index >= 15 is 0 Å². The van der Waals surface area contributed by atoms with E-state index in [2.05, 4.69) is 29.4 Å². The molecule has 3 aromatic rings.